The van der Waals surface area contributed by atoms with Crippen LogP contribution in [0.4, 0.5) is 0 Å². The molecule has 216 valence electrons. The summed E-state index contributed by atoms with van der Waals surface area (Å²) in [7, 11) is 1.60. The molecule has 0 radical (unpaired) electrons. The van der Waals surface area contributed by atoms with Gasteiger partial charge in [-0.1, -0.05) is 91.0 Å². The number of nitrogens with zero attached hydrogens (tertiary/aromatic N) is 2. The number of benzene rings is 5. The molecule has 2 atom stereocenters. The van der Waals surface area contributed by atoms with Gasteiger partial charge in [0.15, 0.2) is 11.5 Å². The van der Waals surface area contributed by atoms with Crippen LogP contribution in [0, 0.1) is 15.4 Å². The van der Waals surface area contributed by atoms with Crippen LogP contribution < -0.4 is 9.47 Å². The average molecular weight is 691 g/mol. The molecular weight excluding hydrogens is 663 g/mol. The highest BCUT2D eigenvalue weighted by Gasteiger charge is 2.61. The zero-order chi connectivity index (χ0) is 29.9. The molecule has 9 rings (SSSR count). The smallest absolute Gasteiger partial charge is 0.254 e. The van der Waals surface area contributed by atoms with Gasteiger partial charge in [-0.3, -0.25) is 9.59 Å². The molecule has 5 aromatic carbocycles. The van der Waals surface area contributed by atoms with E-state index < -0.39 is 11.8 Å². The molecule has 6 nitrogen and oxygen atoms in total. The summed E-state index contributed by atoms with van der Waals surface area (Å²) >= 11 is 2.22. The highest BCUT2D eigenvalue weighted by Crippen LogP contribution is 2.61. The Kier molecular flexibility index (Phi) is 6.52. The molecule has 2 amide bonds. The van der Waals surface area contributed by atoms with Gasteiger partial charge in [-0.15, -0.1) is 0 Å². The van der Waals surface area contributed by atoms with Crippen LogP contribution in [0.2, 0.25) is 0 Å². The van der Waals surface area contributed by atoms with Gasteiger partial charge in [0.2, 0.25) is 0 Å². The Bertz CT molecular complexity index is 1900. The number of rotatable bonds is 6. The lowest BCUT2D eigenvalue weighted by Crippen LogP contribution is -2.41. The summed E-state index contributed by atoms with van der Waals surface area (Å²) in [6, 6.07) is 34.6. The number of imide groups is 1. The minimum Gasteiger partial charge on any atom is -0.493 e. The van der Waals surface area contributed by atoms with E-state index in [4.69, 9.17) is 9.47 Å². The van der Waals surface area contributed by atoms with Crippen LogP contribution in [0.25, 0.3) is 10.8 Å². The van der Waals surface area contributed by atoms with Gasteiger partial charge in [-0.25, -0.2) is 0 Å². The van der Waals surface area contributed by atoms with Gasteiger partial charge in [0.25, 0.3) is 11.8 Å². The Morgan fingerprint density at radius 2 is 1.34 bits per heavy atom. The largest absolute Gasteiger partial charge is 0.493 e. The van der Waals surface area contributed by atoms with Crippen LogP contribution in [0.5, 0.6) is 11.5 Å². The normalized spacial score (nSPS) is 21.5. The summed E-state index contributed by atoms with van der Waals surface area (Å²) in [6.45, 7) is 0.383. The van der Waals surface area contributed by atoms with Crippen LogP contribution in [-0.4, -0.2) is 30.1 Å². The van der Waals surface area contributed by atoms with Crippen molar-refractivity contribution in [3.05, 3.63) is 140 Å². The number of hydrazone groups is 1. The molecule has 44 heavy (non-hydrogen) atoms. The maximum atomic E-state index is 13.9. The Hall–Kier alpha value is -4.50. The van der Waals surface area contributed by atoms with Crippen molar-refractivity contribution < 1.29 is 19.1 Å². The predicted octanol–water partition coefficient (Wildman–Crippen LogP) is 7.26. The van der Waals surface area contributed by atoms with Gasteiger partial charge in [0.1, 0.15) is 6.61 Å². The zero-order valence-corrected chi connectivity index (χ0v) is 26.0. The van der Waals surface area contributed by atoms with E-state index in [0.717, 1.165) is 47.2 Å². The van der Waals surface area contributed by atoms with E-state index in [1.165, 1.54) is 0 Å². The van der Waals surface area contributed by atoms with Crippen molar-refractivity contribution in [1.82, 2.24) is 5.01 Å². The van der Waals surface area contributed by atoms with Crippen molar-refractivity contribution >= 4 is 51.4 Å². The highest BCUT2D eigenvalue weighted by molar-refractivity contribution is 14.1. The number of hydrogen-bond donors (Lipinski definition) is 0. The fourth-order valence-electron chi connectivity index (χ4n) is 7.42. The molecule has 7 heteroatoms. The number of methoxy groups -OCH3 is 1. The topological polar surface area (TPSA) is 68.2 Å². The zero-order valence-electron chi connectivity index (χ0n) is 23.8. The lowest BCUT2D eigenvalue weighted by atomic mass is 9.55. The fourth-order valence-corrected chi connectivity index (χ4v) is 8.20. The molecule has 4 aliphatic rings. The van der Waals surface area contributed by atoms with E-state index in [0.29, 0.717) is 23.7 Å². The van der Waals surface area contributed by atoms with E-state index in [1.807, 2.05) is 54.6 Å². The Balaban J connectivity index is 1.08. The lowest BCUT2D eigenvalue weighted by molar-refractivity contribution is -0.139. The maximum absolute atomic E-state index is 13.9. The van der Waals surface area contributed by atoms with Crippen molar-refractivity contribution in [1.29, 1.82) is 0 Å². The summed E-state index contributed by atoms with van der Waals surface area (Å²) < 4.78 is 12.8. The Morgan fingerprint density at radius 1 is 0.773 bits per heavy atom. The number of fused-ring (bicyclic) bond motifs is 1. The Morgan fingerprint density at radius 3 is 1.95 bits per heavy atom. The molecule has 1 heterocycles. The first kappa shape index (κ1) is 27.1. The first-order chi connectivity index (χ1) is 21.5. The summed E-state index contributed by atoms with van der Waals surface area (Å²) in [5.74, 6) is -0.553. The number of halogens is 1. The summed E-state index contributed by atoms with van der Waals surface area (Å²) in [6.07, 6.45) is 1.56. The molecule has 1 aliphatic heterocycles. The van der Waals surface area contributed by atoms with Gasteiger partial charge in [-0.2, -0.15) is 10.1 Å². The van der Waals surface area contributed by atoms with E-state index >= 15 is 0 Å². The molecular formula is C37H27IN2O4. The van der Waals surface area contributed by atoms with E-state index in [1.54, 1.807) is 13.3 Å². The van der Waals surface area contributed by atoms with Crippen LogP contribution in [0.3, 0.4) is 0 Å². The molecule has 0 unspecified atom stereocenters. The molecule has 3 aliphatic carbocycles. The van der Waals surface area contributed by atoms with Gasteiger partial charge in [0, 0.05) is 11.8 Å². The van der Waals surface area contributed by atoms with Crippen molar-refractivity contribution in [2.45, 2.75) is 18.4 Å². The lowest BCUT2D eigenvalue weighted by Gasteiger charge is -2.45. The third kappa shape index (κ3) is 4.09. The van der Waals surface area contributed by atoms with Crippen LogP contribution in [-0.2, 0) is 16.2 Å². The van der Waals surface area contributed by atoms with E-state index in [-0.39, 0.29) is 23.7 Å². The van der Waals surface area contributed by atoms with Gasteiger partial charge in [0.05, 0.1) is 28.7 Å². The van der Waals surface area contributed by atoms with Crippen molar-refractivity contribution in [3.63, 3.8) is 0 Å². The maximum Gasteiger partial charge on any atom is 0.254 e. The second-order valence-corrected chi connectivity index (χ2v) is 12.6. The summed E-state index contributed by atoms with van der Waals surface area (Å²) in [4.78, 5) is 27.8. The quantitative estimate of drug-likeness (QED) is 0.107. The molecule has 0 N–H and O–H groups in total. The molecule has 2 bridgehead atoms. The first-order valence-electron chi connectivity index (χ1n) is 14.6. The van der Waals surface area contributed by atoms with Crippen molar-refractivity contribution in [2.24, 2.45) is 16.9 Å². The standard InChI is InChI=1S/C37H27IN2O4/c1-43-30-18-21(17-29(38)35(30)44-20-23-11-8-10-22-9-2-3-12-24(22)23)19-39-40-36(41)33-31-25-13-4-5-14-26(25)32(34(33)37(40)42)28-16-7-6-15-27(28)31/h2-19,31-34H,20H2,1H3/b39-19-/t31?,32?,33-,34+. The SMILES string of the molecule is COc1cc(/C=N\N2C(=O)[C@@H]3C4c5ccccc5C(c5ccccc54)[C@@H]3C2=O)cc(I)c1OCc1cccc2ccccc12. The molecule has 0 saturated carbocycles. The number of carbonyl (C=O) groups excluding carboxylic acids is 2. The van der Waals surface area contributed by atoms with Crippen LogP contribution >= 0.6 is 22.6 Å². The summed E-state index contributed by atoms with van der Waals surface area (Å²) in [5, 5.41) is 7.89. The predicted molar refractivity (Wildman–Crippen MR) is 177 cm³/mol. The second kappa shape index (κ2) is 10.6. The number of carbonyl (C=O) groups is 2. The number of hydrogen-bond acceptors (Lipinski definition) is 5. The van der Waals surface area contributed by atoms with Crippen LogP contribution in [0.1, 0.15) is 45.2 Å². The van der Waals surface area contributed by atoms with Gasteiger partial charge >= 0.3 is 0 Å². The number of ether oxygens (including phenoxy) is 2. The minimum absolute atomic E-state index is 0.159. The average Bonchev–Trinajstić information content (AvgIpc) is 3.32. The second-order valence-electron chi connectivity index (χ2n) is 11.5. The van der Waals surface area contributed by atoms with Gasteiger partial charge in [-0.05, 0) is 78.9 Å². The third-order valence-corrected chi connectivity index (χ3v) is 10.1. The van der Waals surface area contributed by atoms with Crippen molar-refractivity contribution in [2.75, 3.05) is 7.11 Å². The molecule has 1 fully saturated rings. The molecule has 0 aromatic heterocycles. The minimum atomic E-state index is -0.464. The van der Waals surface area contributed by atoms with Gasteiger partial charge < -0.3 is 9.47 Å². The Labute approximate surface area is 268 Å². The van der Waals surface area contributed by atoms with Crippen LogP contribution in [0.15, 0.2) is 108 Å². The van der Waals surface area contributed by atoms with E-state index in [9.17, 15) is 9.59 Å². The molecule has 1 saturated heterocycles. The molecule has 5 aromatic rings. The summed E-state index contributed by atoms with van der Waals surface area (Å²) in [5.41, 5.74) is 6.35. The fraction of sp³-hybridized carbons (Fsp3) is 0.162. The third-order valence-electron chi connectivity index (χ3n) is 9.25. The monoisotopic (exact) mass is 690 g/mol. The van der Waals surface area contributed by atoms with E-state index in [2.05, 4.69) is 76.2 Å². The number of amides is 2. The first-order valence-corrected chi connectivity index (χ1v) is 15.7. The highest BCUT2D eigenvalue weighted by atomic mass is 127. The van der Waals surface area contributed by atoms with Crippen molar-refractivity contribution in [3.8, 4) is 11.5 Å². The molecule has 0 spiro atoms.